The summed E-state index contributed by atoms with van der Waals surface area (Å²) in [6.07, 6.45) is 2.80. The van der Waals surface area contributed by atoms with Crippen molar-refractivity contribution in [1.82, 2.24) is 9.29 Å². The van der Waals surface area contributed by atoms with Gasteiger partial charge in [-0.25, -0.2) is 18.2 Å². The van der Waals surface area contributed by atoms with Gasteiger partial charge in [0.2, 0.25) is 0 Å². The van der Waals surface area contributed by atoms with Gasteiger partial charge < -0.3 is 13.9 Å². The number of hydrogen-bond acceptors (Lipinski definition) is 7. The minimum atomic E-state index is -3.90. The topological polar surface area (TPSA) is 98.9 Å². The number of carbonyl (C=O) groups excluding carboxylic acids is 1. The lowest BCUT2D eigenvalue weighted by Crippen LogP contribution is -2.58. The molecule has 0 bridgehead atoms. The van der Waals surface area contributed by atoms with Crippen molar-refractivity contribution in [3.05, 3.63) is 24.7 Å². The lowest BCUT2D eigenvalue weighted by Gasteiger charge is -2.39. The first-order valence-corrected chi connectivity index (χ1v) is 8.64. The molecule has 0 saturated carbocycles. The molecule has 2 heterocycles. The summed E-state index contributed by atoms with van der Waals surface area (Å²) in [6.45, 7) is 7.02. The second kappa shape index (κ2) is 6.81. The van der Waals surface area contributed by atoms with Gasteiger partial charge in [-0.3, -0.25) is 0 Å². The summed E-state index contributed by atoms with van der Waals surface area (Å²) in [5.41, 5.74) is -1.39. The molecule has 23 heavy (non-hydrogen) atoms. The maximum Gasteiger partial charge on any atom is 0.340 e. The molecular formula is C14H20N2O6S. The maximum atomic E-state index is 12.6. The highest BCUT2D eigenvalue weighted by molar-refractivity contribution is 7.89. The highest BCUT2D eigenvalue weighted by atomic mass is 32.2. The number of ether oxygens (including phenoxy) is 2. The van der Waals surface area contributed by atoms with Crippen molar-refractivity contribution < 1.29 is 27.1 Å². The van der Waals surface area contributed by atoms with Crippen LogP contribution in [-0.2, 0) is 24.3 Å². The molecule has 0 amide bonds. The number of hydrogen-bond donors (Lipinski definition) is 0. The number of esters is 1. The summed E-state index contributed by atoms with van der Waals surface area (Å²) in [6, 6.07) is 0. The van der Waals surface area contributed by atoms with Gasteiger partial charge in [-0.15, -0.1) is 6.58 Å². The Hall–Kier alpha value is -1.71. The zero-order valence-electron chi connectivity index (χ0n) is 13.1. The summed E-state index contributed by atoms with van der Waals surface area (Å²) in [7, 11) is -3.90. The lowest BCUT2D eigenvalue weighted by atomic mass is 9.98. The molecule has 0 spiro atoms. The van der Waals surface area contributed by atoms with Crippen LogP contribution in [0, 0.1) is 6.92 Å². The van der Waals surface area contributed by atoms with Crippen molar-refractivity contribution in [3.8, 4) is 0 Å². The number of aromatic nitrogens is 1. The van der Waals surface area contributed by atoms with Gasteiger partial charge in [0.1, 0.15) is 0 Å². The third-order valence-corrected chi connectivity index (χ3v) is 5.16. The first kappa shape index (κ1) is 17.6. The van der Waals surface area contributed by atoms with Crippen LogP contribution in [-0.4, -0.2) is 55.6 Å². The molecule has 9 heteroatoms. The van der Waals surface area contributed by atoms with E-state index in [1.807, 2.05) is 0 Å². The van der Waals surface area contributed by atoms with Crippen LogP contribution in [0.5, 0.6) is 0 Å². The molecule has 1 saturated heterocycles. The van der Waals surface area contributed by atoms with Gasteiger partial charge in [-0.1, -0.05) is 6.08 Å². The van der Waals surface area contributed by atoms with Crippen molar-refractivity contribution >= 4 is 16.0 Å². The van der Waals surface area contributed by atoms with Gasteiger partial charge in [-0.05, 0) is 6.92 Å². The van der Waals surface area contributed by atoms with Crippen molar-refractivity contribution in [3.63, 3.8) is 0 Å². The zero-order valence-corrected chi connectivity index (χ0v) is 14.0. The highest BCUT2D eigenvalue weighted by Crippen LogP contribution is 2.28. The molecule has 1 aromatic heterocycles. The predicted octanol–water partition coefficient (Wildman–Crippen LogP) is 0.882. The van der Waals surface area contributed by atoms with E-state index in [2.05, 4.69) is 11.6 Å². The second-order valence-corrected chi connectivity index (χ2v) is 6.96. The van der Waals surface area contributed by atoms with Crippen LogP contribution in [0.2, 0.25) is 0 Å². The number of morpholine rings is 1. The Bertz CT molecular complexity index is 683. The zero-order chi connectivity index (χ0) is 17.1. The van der Waals surface area contributed by atoms with E-state index in [-0.39, 0.29) is 43.7 Å². The molecule has 1 fully saturated rings. The molecule has 1 aliphatic rings. The van der Waals surface area contributed by atoms with Crippen LogP contribution in [0.1, 0.15) is 19.2 Å². The summed E-state index contributed by atoms with van der Waals surface area (Å²) in [5.74, 6) is -0.354. The van der Waals surface area contributed by atoms with E-state index in [9.17, 15) is 13.2 Å². The monoisotopic (exact) mass is 344 g/mol. The Morgan fingerprint density at radius 1 is 1.61 bits per heavy atom. The number of nitrogens with zero attached hydrogens (tertiary/aromatic N) is 2. The van der Waals surface area contributed by atoms with Gasteiger partial charge in [-0.2, -0.15) is 4.31 Å². The Morgan fingerprint density at radius 3 is 2.91 bits per heavy atom. The number of rotatable bonds is 6. The van der Waals surface area contributed by atoms with Gasteiger partial charge in [0.15, 0.2) is 11.5 Å². The smallest absolute Gasteiger partial charge is 0.340 e. The Morgan fingerprint density at radius 2 is 2.35 bits per heavy atom. The first-order chi connectivity index (χ1) is 10.9. The molecule has 128 valence electrons. The maximum absolute atomic E-state index is 12.6. The summed E-state index contributed by atoms with van der Waals surface area (Å²) >= 11 is 0. The molecule has 1 aliphatic heterocycles. The van der Waals surface area contributed by atoms with Crippen molar-refractivity contribution in [2.45, 2.75) is 31.0 Å². The highest BCUT2D eigenvalue weighted by Gasteiger charge is 2.47. The van der Waals surface area contributed by atoms with E-state index in [0.29, 0.717) is 0 Å². The largest absolute Gasteiger partial charge is 0.464 e. The minimum absolute atomic E-state index is 0.0685. The van der Waals surface area contributed by atoms with Crippen LogP contribution < -0.4 is 0 Å². The molecule has 0 radical (unpaired) electrons. The molecule has 1 aromatic rings. The average Bonchev–Trinajstić information content (AvgIpc) is 2.95. The van der Waals surface area contributed by atoms with Crippen LogP contribution in [0.25, 0.3) is 0 Å². The standard InChI is InChI=1S/C14H20N2O6S/c1-4-6-14(13(17)20-5-2)10-16(7-8-21-14)23(18,19)12-9-15-11(3)22-12/h4,9H,1,5-8,10H2,2-3H3. The third-order valence-electron chi connectivity index (χ3n) is 3.47. The number of oxazole rings is 1. The van der Waals surface area contributed by atoms with E-state index in [0.717, 1.165) is 10.5 Å². The third kappa shape index (κ3) is 3.46. The van der Waals surface area contributed by atoms with Crippen LogP contribution >= 0.6 is 0 Å². The molecule has 1 atom stereocenters. The predicted molar refractivity (Wildman–Crippen MR) is 80.1 cm³/mol. The quantitative estimate of drug-likeness (QED) is 0.558. The normalized spacial score (nSPS) is 22.7. The first-order valence-electron chi connectivity index (χ1n) is 7.20. The molecule has 0 N–H and O–H groups in total. The molecule has 2 rings (SSSR count). The fraction of sp³-hybridized carbons (Fsp3) is 0.571. The minimum Gasteiger partial charge on any atom is -0.464 e. The average molecular weight is 344 g/mol. The number of sulfonamides is 1. The molecule has 0 aliphatic carbocycles. The SMILES string of the molecule is C=CCC1(C(=O)OCC)CN(S(=O)(=O)c2cnc(C)o2)CCO1. The second-order valence-electron chi connectivity index (χ2n) is 5.09. The fourth-order valence-electron chi connectivity index (χ4n) is 2.37. The van der Waals surface area contributed by atoms with Gasteiger partial charge in [0.05, 0.1) is 26.0 Å². The van der Waals surface area contributed by atoms with Crippen molar-refractivity contribution in [2.75, 3.05) is 26.3 Å². The summed E-state index contributed by atoms with van der Waals surface area (Å²) < 4.78 is 42.2. The number of carbonyl (C=O) groups is 1. The van der Waals surface area contributed by atoms with Crippen LogP contribution in [0.4, 0.5) is 0 Å². The van der Waals surface area contributed by atoms with E-state index in [1.165, 1.54) is 6.08 Å². The van der Waals surface area contributed by atoms with Crippen molar-refractivity contribution in [1.29, 1.82) is 0 Å². The van der Waals surface area contributed by atoms with E-state index in [1.54, 1.807) is 13.8 Å². The molecule has 8 nitrogen and oxygen atoms in total. The Kier molecular flexibility index (Phi) is 5.23. The lowest BCUT2D eigenvalue weighted by molar-refractivity contribution is -0.179. The van der Waals surface area contributed by atoms with Crippen LogP contribution in [0.3, 0.4) is 0 Å². The van der Waals surface area contributed by atoms with Gasteiger partial charge in [0.25, 0.3) is 15.1 Å². The van der Waals surface area contributed by atoms with Crippen molar-refractivity contribution in [2.24, 2.45) is 0 Å². The van der Waals surface area contributed by atoms with Crippen LogP contribution in [0.15, 0.2) is 28.4 Å². The van der Waals surface area contributed by atoms with Gasteiger partial charge >= 0.3 is 5.97 Å². The Balaban J connectivity index is 2.31. The summed E-state index contributed by atoms with van der Waals surface area (Å²) in [5, 5.41) is -0.256. The van der Waals surface area contributed by atoms with Gasteiger partial charge in [0, 0.05) is 19.9 Å². The fourth-order valence-corrected chi connectivity index (χ4v) is 3.73. The Labute approximate surface area is 135 Å². The number of aryl methyl sites for hydroxylation is 1. The molecule has 1 unspecified atom stereocenters. The van der Waals surface area contributed by atoms with E-state index >= 15 is 0 Å². The molecule has 0 aromatic carbocycles. The summed E-state index contributed by atoms with van der Waals surface area (Å²) in [4.78, 5) is 16.1. The van der Waals surface area contributed by atoms with E-state index < -0.39 is 21.6 Å². The van der Waals surface area contributed by atoms with E-state index in [4.69, 9.17) is 13.9 Å². The molecular weight excluding hydrogens is 324 g/mol.